The Morgan fingerprint density at radius 3 is 1.64 bits per heavy atom. The molecular formula is C64H66BN3O. The van der Waals surface area contributed by atoms with Crippen LogP contribution in [-0.2, 0) is 27.1 Å². The lowest BCUT2D eigenvalue weighted by Gasteiger charge is -2.39. The molecule has 0 bridgehead atoms. The second-order valence-corrected chi connectivity index (χ2v) is 25.5. The smallest absolute Gasteiger partial charge is 0.337 e. The fraction of sp³-hybridized carbons (Fsp3) is 0.312. The SMILES string of the molecule is CC(C)(C)c1ccc(N2c3cc(C(C)(C)C)cc4c3B(c3c2oc2c(C(C)(C)C)cc(C(C)(C)C)cc32)n2c3ccc5c(c6ccccc6n5-c5ccccc5)c3c3cc(C(C)(C)C)cc-4c32)cc1. The molecule has 0 atom stereocenters. The van der Waals surface area contributed by atoms with Gasteiger partial charge in [-0.1, -0.05) is 165 Å². The first-order chi connectivity index (χ1) is 32.4. The molecule has 12 rings (SSSR count). The number of nitrogens with zero attached hydrogens (tertiary/aromatic N) is 3. The second-order valence-electron chi connectivity index (χ2n) is 25.5. The molecule has 0 unspecified atom stereocenters. The van der Waals surface area contributed by atoms with E-state index in [1.165, 1.54) is 110 Å². The minimum Gasteiger partial charge on any atom is -0.440 e. The van der Waals surface area contributed by atoms with E-state index in [0.717, 1.165) is 17.2 Å². The lowest BCUT2D eigenvalue weighted by molar-refractivity contribution is 0.552. The van der Waals surface area contributed by atoms with E-state index in [1.807, 2.05) is 0 Å². The van der Waals surface area contributed by atoms with Crippen LogP contribution < -0.4 is 15.8 Å². The highest BCUT2D eigenvalue weighted by Gasteiger charge is 2.48. The van der Waals surface area contributed by atoms with Crippen LogP contribution in [0.3, 0.4) is 0 Å². The molecule has 10 aromatic rings. The summed E-state index contributed by atoms with van der Waals surface area (Å²) in [5.74, 6) is 0.908. The molecule has 7 aromatic carbocycles. The highest BCUT2D eigenvalue weighted by atomic mass is 16.4. The molecule has 3 aromatic heterocycles. The maximum absolute atomic E-state index is 7.68. The van der Waals surface area contributed by atoms with Gasteiger partial charge in [0.15, 0.2) is 0 Å². The molecule has 69 heavy (non-hydrogen) atoms. The lowest BCUT2D eigenvalue weighted by Crippen LogP contribution is -2.56. The topological polar surface area (TPSA) is 26.2 Å². The molecule has 0 fully saturated rings. The van der Waals surface area contributed by atoms with Crippen molar-refractivity contribution in [2.45, 2.75) is 131 Å². The first-order valence-electron chi connectivity index (χ1n) is 25.2. The van der Waals surface area contributed by atoms with E-state index < -0.39 is 0 Å². The van der Waals surface area contributed by atoms with Crippen molar-refractivity contribution in [3.63, 3.8) is 0 Å². The van der Waals surface area contributed by atoms with E-state index in [4.69, 9.17) is 4.42 Å². The summed E-state index contributed by atoms with van der Waals surface area (Å²) in [6.45, 7) is 35.0. The number of furan rings is 1. The quantitative estimate of drug-likeness (QED) is 0.162. The van der Waals surface area contributed by atoms with Gasteiger partial charge in [0.2, 0.25) is 5.88 Å². The van der Waals surface area contributed by atoms with Crippen LogP contribution in [0, 0.1) is 0 Å². The third kappa shape index (κ3) is 6.34. The molecule has 0 saturated carbocycles. The standard InChI is InChI=1S/C64H66BN3O/c1-60(2,3)37-25-27-42(28-26-37)67-52-36-40(63(10,11)12)31-44-45-32-38(61(4,5)6)33-46-54-51(30-29-50-53(54)43-23-19-20-24-49(43)66(50)41-21-17-16-18-22-41)68(57(45)46)65(55(44)52)56-47-34-39(62(7,8)9)35-48(64(13,14)15)58(47)69-59(56)67/h16-36H,1-15H3. The molecule has 0 radical (unpaired) electrons. The predicted molar refractivity (Wildman–Crippen MR) is 298 cm³/mol. The van der Waals surface area contributed by atoms with Gasteiger partial charge in [0.25, 0.3) is 0 Å². The van der Waals surface area contributed by atoms with Gasteiger partial charge >= 0.3 is 6.85 Å². The summed E-state index contributed by atoms with van der Waals surface area (Å²) in [7, 11) is 0. The van der Waals surface area contributed by atoms with Gasteiger partial charge in [-0.15, -0.1) is 0 Å². The van der Waals surface area contributed by atoms with Gasteiger partial charge < -0.3 is 13.5 Å². The fourth-order valence-electron chi connectivity index (χ4n) is 11.8. The zero-order valence-electron chi connectivity index (χ0n) is 43.5. The fourth-order valence-corrected chi connectivity index (χ4v) is 11.8. The summed E-state index contributed by atoms with van der Waals surface area (Å²) in [4.78, 5) is 2.49. The molecule has 2 aliphatic rings. The second kappa shape index (κ2) is 14.1. The predicted octanol–water partition coefficient (Wildman–Crippen LogP) is 16.5. The van der Waals surface area contributed by atoms with Gasteiger partial charge in [-0.05, 0) is 127 Å². The number of rotatable bonds is 2. The third-order valence-corrected chi connectivity index (χ3v) is 15.6. The van der Waals surface area contributed by atoms with Crippen molar-refractivity contribution in [3.05, 3.63) is 155 Å². The molecule has 0 spiro atoms. The van der Waals surface area contributed by atoms with E-state index in [9.17, 15) is 0 Å². The molecular weight excluding hydrogens is 838 g/mol. The Hall–Kier alpha value is -6.46. The van der Waals surface area contributed by atoms with Crippen LogP contribution >= 0.6 is 0 Å². The van der Waals surface area contributed by atoms with Gasteiger partial charge in [-0.25, -0.2) is 0 Å². The van der Waals surface area contributed by atoms with Crippen molar-refractivity contribution in [1.82, 2.24) is 9.05 Å². The zero-order valence-corrected chi connectivity index (χ0v) is 43.5. The Bertz CT molecular complexity index is 3790. The molecule has 4 nitrogen and oxygen atoms in total. The molecule has 0 saturated heterocycles. The van der Waals surface area contributed by atoms with Gasteiger partial charge in [0, 0.05) is 71.6 Å². The van der Waals surface area contributed by atoms with Crippen molar-refractivity contribution in [2.24, 2.45) is 0 Å². The Labute approximate surface area is 409 Å². The summed E-state index contributed by atoms with van der Waals surface area (Å²) in [6, 6.07) is 49.1. The van der Waals surface area contributed by atoms with Crippen LogP contribution in [0.5, 0.6) is 0 Å². The van der Waals surface area contributed by atoms with Crippen molar-refractivity contribution in [3.8, 4) is 16.8 Å². The van der Waals surface area contributed by atoms with Crippen LogP contribution in [0.2, 0.25) is 0 Å². The van der Waals surface area contributed by atoms with E-state index in [1.54, 1.807) is 0 Å². The molecule has 2 aliphatic heterocycles. The number of hydrogen-bond acceptors (Lipinski definition) is 2. The Balaban J connectivity index is 1.32. The van der Waals surface area contributed by atoms with Crippen molar-refractivity contribution >= 4 is 89.6 Å². The number of benzene rings is 7. The summed E-state index contributed by atoms with van der Waals surface area (Å²) in [6.07, 6.45) is 0. The number of hydrogen-bond donors (Lipinski definition) is 0. The molecule has 5 heterocycles. The number of anilines is 3. The van der Waals surface area contributed by atoms with Crippen molar-refractivity contribution < 1.29 is 4.42 Å². The third-order valence-electron chi connectivity index (χ3n) is 15.6. The minimum absolute atomic E-state index is 0.0144. The Morgan fingerprint density at radius 1 is 0.420 bits per heavy atom. The highest BCUT2D eigenvalue weighted by molar-refractivity contribution is 6.91. The van der Waals surface area contributed by atoms with Crippen LogP contribution in [-0.4, -0.2) is 15.9 Å². The maximum Gasteiger partial charge on any atom is 0.337 e. The van der Waals surface area contributed by atoms with Gasteiger partial charge in [-0.2, -0.15) is 0 Å². The van der Waals surface area contributed by atoms with Gasteiger partial charge in [0.05, 0.1) is 11.0 Å². The van der Waals surface area contributed by atoms with Crippen LogP contribution in [0.1, 0.15) is 132 Å². The maximum atomic E-state index is 7.68. The largest absolute Gasteiger partial charge is 0.440 e. The number of aromatic nitrogens is 2. The first kappa shape index (κ1) is 43.8. The summed E-state index contributed by atoms with van der Waals surface area (Å²) >= 11 is 0. The summed E-state index contributed by atoms with van der Waals surface area (Å²) < 4.78 is 12.9. The average molecular weight is 904 g/mol. The van der Waals surface area contributed by atoms with Crippen LogP contribution in [0.15, 0.2) is 132 Å². The molecule has 0 amide bonds. The van der Waals surface area contributed by atoms with Crippen LogP contribution in [0.4, 0.5) is 17.3 Å². The number of fused-ring (bicyclic) bond motifs is 13. The summed E-state index contributed by atoms with van der Waals surface area (Å²) in [5.41, 5.74) is 20.6. The average Bonchev–Trinajstić information content (AvgIpc) is 3.94. The van der Waals surface area contributed by atoms with Crippen LogP contribution in [0.25, 0.3) is 71.4 Å². The Morgan fingerprint density at radius 2 is 0.986 bits per heavy atom. The molecule has 346 valence electrons. The van der Waals surface area contributed by atoms with Gasteiger partial charge in [0.1, 0.15) is 5.58 Å². The first-order valence-corrected chi connectivity index (χ1v) is 25.2. The zero-order chi connectivity index (χ0) is 48.6. The van der Waals surface area contributed by atoms with Gasteiger partial charge in [-0.3, -0.25) is 4.90 Å². The Kier molecular flexibility index (Phi) is 8.94. The molecule has 0 aliphatic carbocycles. The molecule has 5 heteroatoms. The van der Waals surface area contributed by atoms with Crippen molar-refractivity contribution in [2.75, 3.05) is 4.90 Å². The number of para-hydroxylation sites is 2. The lowest BCUT2D eigenvalue weighted by atomic mass is 9.45. The van der Waals surface area contributed by atoms with E-state index >= 15 is 0 Å². The monoisotopic (exact) mass is 904 g/mol. The summed E-state index contributed by atoms with van der Waals surface area (Å²) in [5, 5.41) is 6.39. The normalized spacial score (nSPS) is 14.2. The van der Waals surface area contributed by atoms with E-state index in [2.05, 4.69) is 245 Å². The van der Waals surface area contributed by atoms with E-state index in [-0.39, 0.29) is 33.9 Å². The van der Waals surface area contributed by atoms with Crippen molar-refractivity contribution in [1.29, 1.82) is 0 Å². The van der Waals surface area contributed by atoms with E-state index in [0.29, 0.717) is 0 Å². The molecule has 0 N–H and O–H groups in total. The highest BCUT2D eigenvalue weighted by Crippen LogP contribution is 2.52. The minimum atomic E-state index is -0.179.